The molecule has 7 rings (SSSR count). The highest BCUT2D eigenvalue weighted by molar-refractivity contribution is 6.31. The predicted molar refractivity (Wildman–Crippen MR) is 195 cm³/mol. The quantitative estimate of drug-likeness (QED) is 0.108. The first kappa shape index (κ1) is 35.1. The Morgan fingerprint density at radius 3 is 1.94 bits per heavy atom. The van der Waals surface area contributed by atoms with Crippen LogP contribution in [-0.2, 0) is 66.9 Å². The summed E-state index contributed by atoms with van der Waals surface area (Å²) in [5.41, 5.74) is 6.69. The van der Waals surface area contributed by atoms with Crippen LogP contribution in [0.1, 0.15) is 38.9 Å². The fourth-order valence-corrected chi connectivity index (χ4v) is 7.08. The van der Waals surface area contributed by atoms with E-state index in [1.807, 2.05) is 115 Å². The summed E-state index contributed by atoms with van der Waals surface area (Å²) in [6.07, 6.45) is -1.34. The van der Waals surface area contributed by atoms with E-state index in [2.05, 4.69) is 12.1 Å². The molecule has 0 bridgehead atoms. The van der Waals surface area contributed by atoms with Crippen molar-refractivity contribution in [3.8, 4) is 5.75 Å². The summed E-state index contributed by atoms with van der Waals surface area (Å²) >= 11 is 6.85. The summed E-state index contributed by atoms with van der Waals surface area (Å²) in [7, 11) is 1.56. The summed E-state index contributed by atoms with van der Waals surface area (Å²) in [4.78, 5) is 13.0. The van der Waals surface area contributed by atoms with Crippen LogP contribution in [0.25, 0.3) is 0 Å². The van der Waals surface area contributed by atoms with Crippen molar-refractivity contribution in [2.24, 2.45) is 0 Å². The van der Waals surface area contributed by atoms with Gasteiger partial charge in [-0.05, 0) is 58.0 Å². The Kier molecular flexibility index (Phi) is 11.2. The summed E-state index contributed by atoms with van der Waals surface area (Å²) < 4.78 is 39.0. The number of carbonyl (C=O) groups is 1. The summed E-state index contributed by atoms with van der Waals surface area (Å²) in [5.74, 6) is -0.643. The Balaban J connectivity index is 1.29. The van der Waals surface area contributed by atoms with Gasteiger partial charge in [-0.15, -0.1) is 0 Å². The zero-order valence-corrected chi connectivity index (χ0v) is 29.2. The maximum Gasteiger partial charge on any atom is 0.225 e. The molecular weight excluding hydrogens is 664 g/mol. The van der Waals surface area contributed by atoms with Crippen LogP contribution in [0.5, 0.6) is 5.75 Å². The Hall–Kier alpha value is -4.34. The molecule has 0 aliphatic carbocycles. The molecule has 0 aromatic heterocycles. The number of fused-ring (bicyclic) bond motifs is 1. The van der Waals surface area contributed by atoms with Gasteiger partial charge in [-0.3, -0.25) is 0 Å². The van der Waals surface area contributed by atoms with E-state index in [0.717, 1.165) is 46.3 Å². The van der Waals surface area contributed by atoms with Crippen molar-refractivity contribution in [1.82, 2.24) is 0 Å². The minimum Gasteiger partial charge on any atom is -0.493 e. The van der Waals surface area contributed by atoms with Crippen LogP contribution in [0.15, 0.2) is 127 Å². The first-order valence-corrected chi connectivity index (χ1v) is 17.6. The van der Waals surface area contributed by atoms with E-state index >= 15 is 0 Å². The zero-order chi connectivity index (χ0) is 35.0. The number of halogens is 1. The minimum absolute atomic E-state index is 0.236. The lowest BCUT2D eigenvalue weighted by Gasteiger charge is -2.51. The lowest BCUT2D eigenvalue weighted by molar-refractivity contribution is -0.373. The molecule has 1 saturated heterocycles. The number of methoxy groups -OCH3 is 1. The molecule has 5 atom stereocenters. The first-order chi connectivity index (χ1) is 25.1. The standard InChI is InChI=1S/C43H41ClO7/c1-46-43(36-18-19-37(44)35(25-36)24-33-17-20-38-34(23-33)21-22-47-38)42(50-29-32-15-9-4-10-16-32)41(49-28-31-13-7-3-8-14-31)40(39(26-45)51-43)48-27-30-11-5-2-6-12-30/h2-20,23,25-26,39-42H,21-22,24,27-29H2,1H3/t39-,40-,41+,42-,43+/m1/s1. The van der Waals surface area contributed by atoms with E-state index in [9.17, 15) is 4.79 Å². The third-order valence-electron chi connectivity index (χ3n) is 9.51. The second-order valence-corrected chi connectivity index (χ2v) is 13.3. The lowest BCUT2D eigenvalue weighted by Crippen LogP contribution is -2.65. The third kappa shape index (κ3) is 7.95. The number of hydrogen-bond acceptors (Lipinski definition) is 7. The van der Waals surface area contributed by atoms with E-state index < -0.39 is 30.2 Å². The van der Waals surface area contributed by atoms with Crippen LogP contribution in [-0.4, -0.2) is 44.4 Å². The molecule has 1 fully saturated rings. The highest BCUT2D eigenvalue weighted by Gasteiger charge is 2.58. The Labute approximate surface area is 304 Å². The monoisotopic (exact) mass is 704 g/mol. The number of rotatable bonds is 14. The normalized spacial score (nSPS) is 22.6. The van der Waals surface area contributed by atoms with Crippen LogP contribution in [0.2, 0.25) is 5.02 Å². The topological polar surface area (TPSA) is 72.5 Å². The molecule has 7 nitrogen and oxygen atoms in total. The summed E-state index contributed by atoms with van der Waals surface area (Å²) in [6, 6.07) is 41.5. The molecule has 5 aromatic carbocycles. The van der Waals surface area contributed by atoms with E-state index in [0.29, 0.717) is 23.6 Å². The van der Waals surface area contributed by atoms with Crippen LogP contribution < -0.4 is 4.74 Å². The minimum atomic E-state index is -1.57. The lowest BCUT2D eigenvalue weighted by atomic mass is 9.86. The molecule has 5 aromatic rings. The number of benzene rings is 5. The van der Waals surface area contributed by atoms with Crippen LogP contribution >= 0.6 is 11.6 Å². The maximum absolute atomic E-state index is 13.0. The van der Waals surface area contributed by atoms with Crippen molar-refractivity contribution in [2.75, 3.05) is 13.7 Å². The van der Waals surface area contributed by atoms with E-state index in [1.165, 1.54) is 5.56 Å². The van der Waals surface area contributed by atoms with Crippen molar-refractivity contribution in [3.05, 3.63) is 171 Å². The predicted octanol–water partition coefficient (Wildman–Crippen LogP) is 8.02. The van der Waals surface area contributed by atoms with Gasteiger partial charge in [-0.2, -0.15) is 0 Å². The molecule has 0 radical (unpaired) electrons. The molecule has 262 valence electrons. The molecule has 8 heteroatoms. The number of hydrogen-bond donors (Lipinski definition) is 0. The van der Waals surface area contributed by atoms with Gasteiger partial charge in [0.05, 0.1) is 26.4 Å². The molecule has 51 heavy (non-hydrogen) atoms. The highest BCUT2D eigenvalue weighted by atomic mass is 35.5. The third-order valence-corrected chi connectivity index (χ3v) is 9.88. The van der Waals surface area contributed by atoms with Gasteiger partial charge in [0.15, 0.2) is 6.29 Å². The van der Waals surface area contributed by atoms with Gasteiger partial charge >= 0.3 is 0 Å². The maximum atomic E-state index is 13.0. The van der Waals surface area contributed by atoms with Crippen LogP contribution in [0.4, 0.5) is 0 Å². The van der Waals surface area contributed by atoms with E-state index in [-0.39, 0.29) is 19.8 Å². The molecule has 0 unspecified atom stereocenters. The number of aldehydes is 1. The molecule has 2 aliphatic heterocycles. The van der Waals surface area contributed by atoms with Gasteiger partial charge in [-0.1, -0.05) is 121 Å². The molecule has 2 aliphatic rings. The average Bonchev–Trinajstić information content (AvgIpc) is 3.65. The Morgan fingerprint density at radius 1 is 0.725 bits per heavy atom. The summed E-state index contributed by atoms with van der Waals surface area (Å²) in [6.45, 7) is 1.42. The summed E-state index contributed by atoms with van der Waals surface area (Å²) in [5, 5.41) is 0.604. The first-order valence-electron chi connectivity index (χ1n) is 17.2. The zero-order valence-electron chi connectivity index (χ0n) is 28.5. The average molecular weight is 705 g/mol. The molecule has 0 spiro atoms. The van der Waals surface area contributed by atoms with E-state index in [4.69, 9.17) is 40.0 Å². The van der Waals surface area contributed by atoms with E-state index in [1.54, 1.807) is 7.11 Å². The van der Waals surface area contributed by atoms with Gasteiger partial charge in [0.1, 0.15) is 30.2 Å². The van der Waals surface area contributed by atoms with Gasteiger partial charge in [0.25, 0.3) is 0 Å². The van der Waals surface area contributed by atoms with Crippen molar-refractivity contribution in [2.45, 2.75) is 62.9 Å². The van der Waals surface area contributed by atoms with Crippen molar-refractivity contribution >= 4 is 17.9 Å². The smallest absolute Gasteiger partial charge is 0.225 e. The fourth-order valence-electron chi connectivity index (χ4n) is 6.90. The van der Waals surface area contributed by atoms with Crippen LogP contribution in [0, 0.1) is 0 Å². The van der Waals surface area contributed by atoms with Gasteiger partial charge in [0.2, 0.25) is 5.79 Å². The number of carbonyl (C=O) groups excluding carboxylic acids is 1. The van der Waals surface area contributed by atoms with Crippen molar-refractivity contribution in [3.63, 3.8) is 0 Å². The Morgan fingerprint density at radius 2 is 1.33 bits per heavy atom. The fraction of sp³-hybridized carbons (Fsp3) is 0.279. The molecule has 0 N–H and O–H groups in total. The van der Waals surface area contributed by atoms with Crippen molar-refractivity contribution < 1.29 is 33.2 Å². The largest absolute Gasteiger partial charge is 0.493 e. The Bertz CT molecular complexity index is 1890. The molecule has 2 heterocycles. The molecular formula is C43H41ClO7. The SMILES string of the molecule is CO[C@@]1(c2ccc(Cl)c(Cc3ccc4c(c3)CCO4)c2)O[C@H](C=O)[C@@H](OCc2ccccc2)[C@H](OCc2ccccc2)[C@H]1OCc1ccccc1. The van der Waals surface area contributed by atoms with Gasteiger partial charge in [-0.25, -0.2) is 0 Å². The van der Waals surface area contributed by atoms with Gasteiger partial charge in [0, 0.05) is 24.1 Å². The molecule has 0 amide bonds. The van der Waals surface area contributed by atoms with Crippen molar-refractivity contribution in [1.29, 1.82) is 0 Å². The molecule has 0 saturated carbocycles. The second-order valence-electron chi connectivity index (χ2n) is 12.9. The second kappa shape index (κ2) is 16.3. The van der Waals surface area contributed by atoms with Crippen LogP contribution in [0.3, 0.4) is 0 Å². The van der Waals surface area contributed by atoms with Gasteiger partial charge < -0.3 is 33.2 Å². The highest BCUT2D eigenvalue weighted by Crippen LogP contribution is 2.44. The number of ether oxygens (including phenoxy) is 6.